The van der Waals surface area contributed by atoms with E-state index in [2.05, 4.69) is 0 Å². The molecule has 21 heavy (non-hydrogen) atoms. The van der Waals surface area contributed by atoms with Crippen LogP contribution in [0.3, 0.4) is 0 Å². The van der Waals surface area contributed by atoms with Crippen LogP contribution in [-0.2, 0) is 11.8 Å². The lowest BCUT2D eigenvalue weighted by molar-refractivity contribution is 0.0309. The first-order valence-corrected chi connectivity index (χ1v) is 6.84. The maximum Gasteiger partial charge on any atom is 0.355 e. The number of nitrogens with zero attached hydrogens (tertiary/aromatic N) is 1. The number of aromatic nitrogens is 1. The average Bonchev–Trinajstić information content (AvgIpc) is 2.87. The molecule has 0 radical (unpaired) electrons. The van der Waals surface area contributed by atoms with Crippen molar-refractivity contribution in [3.05, 3.63) is 58.9 Å². The molecular weight excluding hydrogens is 266 g/mol. The van der Waals surface area contributed by atoms with E-state index >= 15 is 0 Å². The summed E-state index contributed by atoms with van der Waals surface area (Å²) in [5, 5.41) is 0. The standard InChI is InChI=1S/C17H19NO3/c1-11-7-8-14(10-12(11)2)16(19)13(3)21-17(20)15-6-5-9-18(15)4/h5-10,13H,1-4H3/t13-/m1/s1. The molecule has 110 valence electrons. The molecule has 0 aliphatic carbocycles. The minimum absolute atomic E-state index is 0.194. The fourth-order valence-electron chi connectivity index (χ4n) is 2.08. The normalized spacial score (nSPS) is 12.0. The molecule has 2 rings (SSSR count). The SMILES string of the molecule is Cc1ccc(C(=O)[C@@H](C)OC(=O)c2cccn2C)cc1C. The van der Waals surface area contributed by atoms with Crippen molar-refractivity contribution in [3.8, 4) is 0 Å². The van der Waals surface area contributed by atoms with Crippen molar-refractivity contribution in [3.63, 3.8) is 0 Å². The van der Waals surface area contributed by atoms with Gasteiger partial charge in [0.1, 0.15) is 5.69 Å². The van der Waals surface area contributed by atoms with Crippen molar-refractivity contribution >= 4 is 11.8 Å². The largest absolute Gasteiger partial charge is 0.450 e. The van der Waals surface area contributed by atoms with Gasteiger partial charge in [-0.2, -0.15) is 0 Å². The molecule has 1 aromatic heterocycles. The summed E-state index contributed by atoms with van der Waals surface area (Å²) in [6.07, 6.45) is 0.946. The number of aryl methyl sites for hydroxylation is 3. The van der Waals surface area contributed by atoms with E-state index in [1.807, 2.05) is 26.0 Å². The van der Waals surface area contributed by atoms with Gasteiger partial charge in [-0.1, -0.05) is 12.1 Å². The summed E-state index contributed by atoms with van der Waals surface area (Å²) in [5.74, 6) is -0.687. The monoisotopic (exact) mass is 285 g/mol. The van der Waals surface area contributed by atoms with Crippen LogP contribution < -0.4 is 0 Å². The summed E-state index contributed by atoms with van der Waals surface area (Å²) in [5.41, 5.74) is 3.15. The van der Waals surface area contributed by atoms with Crippen molar-refractivity contribution in [2.45, 2.75) is 26.9 Å². The Kier molecular flexibility index (Phi) is 4.26. The number of benzene rings is 1. The van der Waals surface area contributed by atoms with E-state index in [-0.39, 0.29) is 5.78 Å². The average molecular weight is 285 g/mol. The predicted molar refractivity (Wildman–Crippen MR) is 80.5 cm³/mol. The quantitative estimate of drug-likeness (QED) is 0.640. The smallest absolute Gasteiger partial charge is 0.355 e. The summed E-state index contributed by atoms with van der Waals surface area (Å²) in [4.78, 5) is 24.3. The minimum atomic E-state index is -0.811. The molecule has 4 nitrogen and oxygen atoms in total. The maximum absolute atomic E-state index is 12.3. The fraction of sp³-hybridized carbons (Fsp3) is 0.294. The van der Waals surface area contributed by atoms with Gasteiger partial charge in [0.15, 0.2) is 6.10 Å². The molecule has 1 aromatic carbocycles. The Morgan fingerprint density at radius 1 is 1.14 bits per heavy atom. The highest BCUT2D eigenvalue weighted by molar-refractivity contribution is 6.01. The lowest BCUT2D eigenvalue weighted by Crippen LogP contribution is -2.25. The molecule has 0 spiro atoms. The number of carbonyl (C=O) groups is 2. The molecule has 0 bridgehead atoms. The van der Waals surface area contributed by atoms with Gasteiger partial charge >= 0.3 is 5.97 Å². The van der Waals surface area contributed by atoms with E-state index in [0.29, 0.717) is 11.3 Å². The predicted octanol–water partition coefficient (Wildman–Crippen LogP) is 3.07. The summed E-state index contributed by atoms with van der Waals surface area (Å²) in [7, 11) is 1.76. The second-order valence-corrected chi connectivity index (χ2v) is 5.22. The van der Waals surface area contributed by atoms with Crippen LogP contribution in [0.15, 0.2) is 36.5 Å². The van der Waals surface area contributed by atoms with Crippen molar-refractivity contribution in [2.24, 2.45) is 7.05 Å². The summed E-state index contributed by atoms with van der Waals surface area (Å²) < 4.78 is 6.91. The summed E-state index contributed by atoms with van der Waals surface area (Å²) in [6.45, 7) is 5.54. The number of carbonyl (C=O) groups excluding carboxylic acids is 2. The Balaban J connectivity index is 2.11. The van der Waals surface area contributed by atoms with Crippen LogP contribution in [0.25, 0.3) is 0 Å². The lowest BCUT2D eigenvalue weighted by Gasteiger charge is -2.13. The topological polar surface area (TPSA) is 48.3 Å². The zero-order valence-corrected chi connectivity index (χ0v) is 12.7. The van der Waals surface area contributed by atoms with Gasteiger partial charge in [0.25, 0.3) is 0 Å². The highest BCUT2D eigenvalue weighted by Crippen LogP contribution is 2.14. The highest BCUT2D eigenvalue weighted by atomic mass is 16.5. The van der Waals surface area contributed by atoms with Gasteiger partial charge in [-0.15, -0.1) is 0 Å². The Labute approximate surface area is 124 Å². The maximum atomic E-state index is 12.3. The highest BCUT2D eigenvalue weighted by Gasteiger charge is 2.21. The van der Waals surface area contributed by atoms with E-state index in [0.717, 1.165) is 11.1 Å². The van der Waals surface area contributed by atoms with Gasteiger partial charge in [-0.3, -0.25) is 4.79 Å². The molecule has 0 aliphatic heterocycles. The fourth-order valence-corrected chi connectivity index (χ4v) is 2.08. The molecular formula is C17H19NO3. The van der Waals surface area contributed by atoms with Crippen LogP contribution in [0.4, 0.5) is 0 Å². The number of ketones is 1. The molecule has 0 N–H and O–H groups in total. The van der Waals surface area contributed by atoms with Crippen molar-refractivity contribution in [2.75, 3.05) is 0 Å². The van der Waals surface area contributed by atoms with Crippen molar-refractivity contribution in [1.82, 2.24) is 4.57 Å². The first-order valence-electron chi connectivity index (χ1n) is 6.84. The third-order valence-corrected chi connectivity index (χ3v) is 3.60. The van der Waals surface area contributed by atoms with Gasteiger partial charge in [0, 0.05) is 18.8 Å². The van der Waals surface area contributed by atoms with Crippen LogP contribution in [0.5, 0.6) is 0 Å². The Morgan fingerprint density at radius 3 is 2.43 bits per heavy atom. The Hall–Kier alpha value is -2.36. The third kappa shape index (κ3) is 3.21. The molecule has 0 unspecified atom stereocenters. The van der Waals surface area contributed by atoms with Crippen LogP contribution in [0.1, 0.15) is 38.9 Å². The van der Waals surface area contributed by atoms with Gasteiger partial charge in [-0.05, 0) is 50.1 Å². The van der Waals surface area contributed by atoms with Gasteiger partial charge < -0.3 is 9.30 Å². The molecule has 1 atom stereocenters. The van der Waals surface area contributed by atoms with Gasteiger partial charge in [-0.25, -0.2) is 4.79 Å². The molecule has 4 heteroatoms. The second-order valence-electron chi connectivity index (χ2n) is 5.22. The summed E-state index contributed by atoms with van der Waals surface area (Å²) in [6, 6.07) is 8.90. The minimum Gasteiger partial charge on any atom is -0.450 e. The Morgan fingerprint density at radius 2 is 1.86 bits per heavy atom. The number of Topliss-reactive ketones (excluding diaryl/α,β-unsaturated/α-hetero) is 1. The van der Waals surface area contributed by atoms with Gasteiger partial charge in [0.05, 0.1) is 0 Å². The van der Waals surface area contributed by atoms with Gasteiger partial charge in [0.2, 0.25) is 5.78 Å². The molecule has 0 amide bonds. The first-order chi connectivity index (χ1) is 9.90. The molecule has 2 aromatic rings. The van der Waals surface area contributed by atoms with E-state index in [1.54, 1.807) is 42.9 Å². The van der Waals surface area contributed by atoms with E-state index in [1.165, 1.54) is 0 Å². The lowest BCUT2D eigenvalue weighted by atomic mass is 10.0. The zero-order valence-electron chi connectivity index (χ0n) is 12.7. The first kappa shape index (κ1) is 15.0. The molecule has 0 saturated carbocycles. The van der Waals surface area contributed by atoms with Crippen LogP contribution in [0, 0.1) is 13.8 Å². The van der Waals surface area contributed by atoms with Crippen molar-refractivity contribution < 1.29 is 14.3 Å². The third-order valence-electron chi connectivity index (χ3n) is 3.60. The van der Waals surface area contributed by atoms with Crippen LogP contribution >= 0.6 is 0 Å². The number of esters is 1. The van der Waals surface area contributed by atoms with E-state index < -0.39 is 12.1 Å². The van der Waals surface area contributed by atoms with Crippen LogP contribution in [0.2, 0.25) is 0 Å². The number of hydrogen-bond donors (Lipinski definition) is 0. The van der Waals surface area contributed by atoms with Crippen LogP contribution in [-0.4, -0.2) is 22.4 Å². The van der Waals surface area contributed by atoms with E-state index in [4.69, 9.17) is 4.74 Å². The zero-order chi connectivity index (χ0) is 15.6. The summed E-state index contributed by atoms with van der Waals surface area (Å²) >= 11 is 0. The molecule has 1 heterocycles. The molecule has 0 fully saturated rings. The van der Waals surface area contributed by atoms with Crippen molar-refractivity contribution in [1.29, 1.82) is 0 Å². The van der Waals surface area contributed by atoms with E-state index in [9.17, 15) is 9.59 Å². The number of rotatable bonds is 4. The second kappa shape index (κ2) is 5.95. The molecule has 0 aliphatic rings. The Bertz CT molecular complexity index is 685. The number of hydrogen-bond acceptors (Lipinski definition) is 3. The molecule has 0 saturated heterocycles. The number of ether oxygens (including phenoxy) is 1.